The summed E-state index contributed by atoms with van der Waals surface area (Å²) in [5.41, 5.74) is 3.68. The summed E-state index contributed by atoms with van der Waals surface area (Å²) in [4.78, 5) is 10.2. The van der Waals surface area contributed by atoms with E-state index in [1.54, 1.807) is 0 Å². The normalized spacial score (nSPS) is 20.2. The Bertz CT molecular complexity index is 766. The van der Waals surface area contributed by atoms with E-state index in [1.807, 2.05) is 11.3 Å². The first-order valence-electron chi connectivity index (χ1n) is 8.60. The van der Waals surface area contributed by atoms with Crippen LogP contribution in [0.5, 0.6) is 0 Å². The smallest absolute Gasteiger partial charge is 0.137 e. The predicted octanol–water partition coefficient (Wildman–Crippen LogP) is 2.70. The second-order valence-electron chi connectivity index (χ2n) is 6.54. The van der Waals surface area contributed by atoms with Gasteiger partial charge in [0.2, 0.25) is 0 Å². The monoisotopic (exact) mass is 341 g/mol. The standard InChI is InChI=1S/C19H23N3OS/c1-13-10-16-18(24-13)11-14-4-2-3-5-17(14)21-19(16)22-8-7-20-15(12-22)6-9-23/h2-5,10,15,20,23H,6-9,11-12H2,1H3/t15-/m0/s1. The van der Waals surface area contributed by atoms with Crippen LogP contribution in [0.25, 0.3) is 0 Å². The van der Waals surface area contributed by atoms with E-state index in [2.05, 4.69) is 47.5 Å². The van der Waals surface area contributed by atoms with Crippen molar-refractivity contribution in [1.29, 1.82) is 0 Å². The molecule has 5 heteroatoms. The van der Waals surface area contributed by atoms with Crippen molar-refractivity contribution in [3.05, 3.63) is 51.2 Å². The van der Waals surface area contributed by atoms with E-state index in [0.29, 0.717) is 6.04 Å². The van der Waals surface area contributed by atoms with Crippen molar-refractivity contribution in [1.82, 2.24) is 10.2 Å². The SMILES string of the molecule is Cc1cc2c(s1)Cc1ccccc1N=C2N1CCN[C@@H](CCO)C1. The summed E-state index contributed by atoms with van der Waals surface area (Å²) in [7, 11) is 0. The number of aryl methyl sites for hydroxylation is 1. The second-order valence-corrected chi connectivity index (χ2v) is 7.89. The van der Waals surface area contributed by atoms with Crippen LogP contribution in [-0.2, 0) is 6.42 Å². The highest BCUT2D eigenvalue weighted by Crippen LogP contribution is 2.34. The molecule has 1 aromatic heterocycles. The van der Waals surface area contributed by atoms with E-state index in [1.165, 1.54) is 20.9 Å². The first-order valence-corrected chi connectivity index (χ1v) is 9.41. The van der Waals surface area contributed by atoms with Crippen molar-refractivity contribution in [3.63, 3.8) is 0 Å². The zero-order valence-electron chi connectivity index (χ0n) is 14.0. The van der Waals surface area contributed by atoms with Crippen molar-refractivity contribution in [2.75, 3.05) is 26.2 Å². The molecule has 2 N–H and O–H groups in total. The molecule has 24 heavy (non-hydrogen) atoms. The van der Waals surface area contributed by atoms with E-state index >= 15 is 0 Å². The van der Waals surface area contributed by atoms with Crippen molar-refractivity contribution in [3.8, 4) is 0 Å². The molecule has 0 radical (unpaired) electrons. The van der Waals surface area contributed by atoms with Crippen LogP contribution in [0.15, 0.2) is 35.3 Å². The van der Waals surface area contributed by atoms with Gasteiger partial charge in [-0.3, -0.25) is 0 Å². The lowest BCUT2D eigenvalue weighted by atomic mass is 10.1. The summed E-state index contributed by atoms with van der Waals surface area (Å²) >= 11 is 1.88. The molecule has 4 rings (SSSR count). The lowest BCUT2D eigenvalue weighted by Gasteiger charge is -2.35. The highest BCUT2D eigenvalue weighted by Gasteiger charge is 2.27. The number of piperazine rings is 1. The van der Waals surface area contributed by atoms with Crippen LogP contribution in [0.1, 0.15) is 27.3 Å². The summed E-state index contributed by atoms with van der Waals surface area (Å²) in [6.07, 6.45) is 1.75. The number of nitrogens with zero attached hydrogens (tertiary/aromatic N) is 2. The van der Waals surface area contributed by atoms with Gasteiger partial charge in [-0.15, -0.1) is 11.3 Å². The molecule has 0 saturated carbocycles. The largest absolute Gasteiger partial charge is 0.396 e. The number of hydrogen-bond donors (Lipinski definition) is 2. The van der Waals surface area contributed by atoms with E-state index in [9.17, 15) is 5.11 Å². The minimum absolute atomic E-state index is 0.226. The summed E-state index contributed by atoms with van der Waals surface area (Å²) in [5, 5.41) is 12.8. The number of aliphatic imine (C=N–C) groups is 1. The first-order chi connectivity index (χ1) is 11.7. The molecule has 0 aliphatic carbocycles. The maximum atomic E-state index is 9.26. The number of nitrogens with one attached hydrogen (secondary N) is 1. The lowest BCUT2D eigenvalue weighted by molar-refractivity contribution is 0.223. The van der Waals surface area contributed by atoms with Gasteiger partial charge in [0, 0.05) is 54.0 Å². The third kappa shape index (κ3) is 2.99. The zero-order chi connectivity index (χ0) is 16.5. The molecule has 4 nitrogen and oxygen atoms in total. The van der Waals surface area contributed by atoms with Gasteiger partial charge in [-0.05, 0) is 31.0 Å². The Hall–Kier alpha value is -1.69. The molecule has 2 aliphatic heterocycles. The second kappa shape index (κ2) is 6.67. The fourth-order valence-corrected chi connectivity index (χ4v) is 4.66. The fraction of sp³-hybridized carbons (Fsp3) is 0.421. The summed E-state index contributed by atoms with van der Waals surface area (Å²) < 4.78 is 0. The summed E-state index contributed by atoms with van der Waals surface area (Å²) in [5.74, 6) is 1.10. The number of rotatable bonds is 2. The average molecular weight is 341 g/mol. The molecule has 1 saturated heterocycles. The van der Waals surface area contributed by atoms with Gasteiger partial charge in [-0.25, -0.2) is 4.99 Å². The van der Waals surface area contributed by atoms with Gasteiger partial charge in [0.15, 0.2) is 0 Å². The number of benzene rings is 1. The summed E-state index contributed by atoms with van der Waals surface area (Å²) in [6.45, 7) is 5.19. The molecular formula is C19H23N3OS. The third-order valence-electron chi connectivity index (χ3n) is 4.77. The number of amidine groups is 1. The van der Waals surface area contributed by atoms with Gasteiger partial charge >= 0.3 is 0 Å². The molecule has 1 atom stereocenters. The van der Waals surface area contributed by atoms with Crippen molar-refractivity contribution < 1.29 is 5.11 Å². The number of thiophene rings is 1. The topological polar surface area (TPSA) is 47.9 Å². The van der Waals surface area contributed by atoms with Gasteiger partial charge in [-0.1, -0.05) is 18.2 Å². The molecule has 0 bridgehead atoms. The molecule has 0 spiro atoms. The number of aliphatic hydroxyl groups is 1. The zero-order valence-corrected chi connectivity index (χ0v) is 14.8. The van der Waals surface area contributed by atoms with E-state index < -0.39 is 0 Å². The Kier molecular flexibility index (Phi) is 4.39. The van der Waals surface area contributed by atoms with Crippen LogP contribution in [-0.4, -0.2) is 48.1 Å². The van der Waals surface area contributed by atoms with E-state index in [0.717, 1.165) is 44.0 Å². The van der Waals surface area contributed by atoms with Crippen LogP contribution in [0.2, 0.25) is 0 Å². The molecule has 0 amide bonds. The van der Waals surface area contributed by atoms with Crippen molar-refractivity contribution in [2.45, 2.75) is 25.8 Å². The molecular weight excluding hydrogens is 318 g/mol. The fourth-order valence-electron chi connectivity index (χ4n) is 3.61. The Labute approximate surface area is 146 Å². The van der Waals surface area contributed by atoms with Crippen LogP contribution in [0, 0.1) is 6.92 Å². The predicted molar refractivity (Wildman–Crippen MR) is 99.6 cm³/mol. The molecule has 3 heterocycles. The van der Waals surface area contributed by atoms with E-state index in [-0.39, 0.29) is 6.61 Å². The highest BCUT2D eigenvalue weighted by molar-refractivity contribution is 7.12. The molecule has 126 valence electrons. The number of aliphatic hydroxyl groups excluding tert-OH is 1. The van der Waals surface area contributed by atoms with Crippen LogP contribution < -0.4 is 5.32 Å². The first kappa shape index (κ1) is 15.8. The van der Waals surface area contributed by atoms with Gasteiger partial charge < -0.3 is 15.3 Å². The molecule has 2 aromatic rings. The van der Waals surface area contributed by atoms with Crippen molar-refractivity contribution in [2.24, 2.45) is 4.99 Å². The van der Waals surface area contributed by atoms with Crippen LogP contribution in [0.3, 0.4) is 0 Å². The molecule has 1 fully saturated rings. The van der Waals surface area contributed by atoms with Gasteiger partial charge in [0.05, 0.1) is 5.69 Å². The van der Waals surface area contributed by atoms with Crippen molar-refractivity contribution >= 4 is 22.9 Å². The number of fused-ring (bicyclic) bond motifs is 2. The van der Waals surface area contributed by atoms with Gasteiger partial charge in [0.25, 0.3) is 0 Å². The maximum absolute atomic E-state index is 9.26. The van der Waals surface area contributed by atoms with Crippen LogP contribution >= 0.6 is 11.3 Å². The Morgan fingerprint density at radius 3 is 3.12 bits per heavy atom. The summed E-state index contributed by atoms with van der Waals surface area (Å²) in [6, 6.07) is 11.1. The number of hydrogen-bond acceptors (Lipinski definition) is 5. The molecule has 1 aromatic carbocycles. The third-order valence-corrected chi connectivity index (χ3v) is 5.83. The number of para-hydroxylation sites is 1. The minimum atomic E-state index is 0.226. The Balaban J connectivity index is 1.75. The maximum Gasteiger partial charge on any atom is 0.137 e. The molecule has 2 aliphatic rings. The minimum Gasteiger partial charge on any atom is -0.396 e. The Morgan fingerprint density at radius 1 is 1.38 bits per heavy atom. The highest BCUT2D eigenvalue weighted by atomic mass is 32.1. The lowest BCUT2D eigenvalue weighted by Crippen LogP contribution is -2.53. The Morgan fingerprint density at radius 2 is 2.25 bits per heavy atom. The van der Waals surface area contributed by atoms with E-state index in [4.69, 9.17) is 4.99 Å². The van der Waals surface area contributed by atoms with Crippen LogP contribution in [0.4, 0.5) is 5.69 Å². The van der Waals surface area contributed by atoms with Gasteiger partial charge in [-0.2, -0.15) is 0 Å². The molecule has 0 unspecified atom stereocenters. The van der Waals surface area contributed by atoms with Gasteiger partial charge in [0.1, 0.15) is 5.84 Å². The average Bonchev–Trinajstić information content (AvgIpc) is 2.87. The quantitative estimate of drug-likeness (QED) is 0.883.